The van der Waals surface area contributed by atoms with Gasteiger partial charge in [-0.3, -0.25) is 0 Å². The molecule has 1 aliphatic heterocycles. The van der Waals surface area contributed by atoms with Crippen LogP contribution in [0, 0.1) is 0 Å². The molecule has 0 amide bonds. The standard InChI is InChI=1S/C33H66N2/c1-4-7-10-12-14-15-16-17-18-19-20-21-22-23-24-26-28-33-34(29-9-6-3)31-32-35(33)30-27-25-13-11-8-5-2/h31-33H,4-30H2,1-3H3. The van der Waals surface area contributed by atoms with E-state index < -0.39 is 0 Å². The highest BCUT2D eigenvalue weighted by molar-refractivity contribution is 4.96. The van der Waals surface area contributed by atoms with E-state index in [4.69, 9.17) is 0 Å². The number of unbranched alkanes of at least 4 members (excludes halogenated alkanes) is 21. The van der Waals surface area contributed by atoms with Gasteiger partial charge in [0.25, 0.3) is 0 Å². The first-order chi connectivity index (χ1) is 17.3. The molecule has 1 aliphatic rings. The molecule has 0 bridgehead atoms. The summed E-state index contributed by atoms with van der Waals surface area (Å²) in [4.78, 5) is 5.31. The smallest absolute Gasteiger partial charge is 0.101 e. The van der Waals surface area contributed by atoms with Gasteiger partial charge in [0.15, 0.2) is 0 Å². The third-order valence-corrected chi connectivity index (χ3v) is 8.07. The highest BCUT2D eigenvalue weighted by atomic mass is 15.4. The Bertz CT molecular complexity index is 446. The fraction of sp³-hybridized carbons (Fsp3) is 0.939. The maximum absolute atomic E-state index is 2.67. The molecule has 2 heteroatoms. The largest absolute Gasteiger partial charge is 0.356 e. The first-order valence-electron chi connectivity index (χ1n) is 16.5. The van der Waals surface area contributed by atoms with Crippen LogP contribution in [-0.2, 0) is 0 Å². The van der Waals surface area contributed by atoms with Crippen molar-refractivity contribution in [1.29, 1.82) is 0 Å². The summed E-state index contributed by atoms with van der Waals surface area (Å²) < 4.78 is 0. The summed E-state index contributed by atoms with van der Waals surface area (Å²) in [7, 11) is 0. The summed E-state index contributed by atoms with van der Waals surface area (Å²) in [5, 5.41) is 0. The molecule has 35 heavy (non-hydrogen) atoms. The molecule has 1 atom stereocenters. The van der Waals surface area contributed by atoms with E-state index in [0.717, 1.165) is 0 Å². The van der Waals surface area contributed by atoms with Crippen molar-refractivity contribution in [2.45, 2.75) is 187 Å². The van der Waals surface area contributed by atoms with E-state index in [1.54, 1.807) is 0 Å². The summed E-state index contributed by atoms with van der Waals surface area (Å²) in [5.41, 5.74) is 0. The fourth-order valence-corrected chi connectivity index (χ4v) is 5.63. The van der Waals surface area contributed by atoms with E-state index in [-0.39, 0.29) is 0 Å². The lowest BCUT2D eigenvalue weighted by Gasteiger charge is -2.33. The summed E-state index contributed by atoms with van der Waals surface area (Å²) in [6, 6.07) is 0. The molecule has 0 N–H and O–H groups in total. The van der Waals surface area contributed by atoms with Gasteiger partial charge in [-0.25, -0.2) is 0 Å². The molecule has 2 nitrogen and oxygen atoms in total. The Morgan fingerprint density at radius 1 is 0.371 bits per heavy atom. The molecule has 0 radical (unpaired) electrons. The highest BCUT2D eigenvalue weighted by Crippen LogP contribution is 2.23. The Hall–Kier alpha value is -0.660. The van der Waals surface area contributed by atoms with Crippen LogP contribution in [0.2, 0.25) is 0 Å². The highest BCUT2D eigenvalue weighted by Gasteiger charge is 2.24. The maximum atomic E-state index is 2.67. The van der Waals surface area contributed by atoms with Gasteiger partial charge in [-0.2, -0.15) is 0 Å². The molecule has 0 spiro atoms. The van der Waals surface area contributed by atoms with Crippen molar-refractivity contribution < 1.29 is 0 Å². The SMILES string of the molecule is CCCCCCCCCCCCCCCCCCC1N(CCCC)C=CN1CCCCCCCC. The van der Waals surface area contributed by atoms with E-state index in [0.29, 0.717) is 6.17 Å². The van der Waals surface area contributed by atoms with Crippen LogP contribution < -0.4 is 0 Å². The Balaban J connectivity index is 2.02. The molecule has 0 aliphatic carbocycles. The van der Waals surface area contributed by atoms with E-state index in [2.05, 4.69) is 43.0 Å². The second-order valence-corrected chi connectivity index (χ2v) is 11.5. The van der Waals surface area contributed by atoms with Gasteiger partial charge in [0, 0.05) is 25.5 Å². The van der Waals surface area contributed by atoms with Gasteiger partial charge in [-0.15, -0.1) is 0 Å². The summed E-state index contributed by atoms with van der Waals surface area (Å²) in [6.07, 6.45) is 41.1. The van der Waals surface area contributed by atoms with Crippen LogP contribution in [0.5, 0.6) is 0 Å². The summed E-state index contributed by atoms with van der Waals surface area (Å²) in [5.74, 6) is 0. The Kier molecular flexibility index (Phi) is 23.1. The number of hydrogen-bond acceptors (Lipinski definition) is 2. The fourth-order valence-electron chi connectivity index (χ4n) is 5.63. The molecule has 0 saturated heterocycles. The van der Waals surface area contributed by atoms with Crippen molar-refractivity contribution in [3.8, 4) is 0 Å². The minimum Gasteiger partial charge on any atom is -0.356 e. The zero-order chi connectivity index (χ0) is 25.2. The monoisotopic (exact) mass is 491 g/mol. The quantitative estimate of drug-likeness (QED) is 0.106. The van der Waals surface area contributed by atoms with E-state index in [9.17, 15) is 0 Å². The normalized spacial score (nSPS) is 15.6. The van der Waals surface area contributed by atoms with Crippen molar-refractivity contribution in [3.63, 3.8) is 0 Å². The third kappa shape index (κ3) is 18.3. The van der Waals surface area contributed by atoms with Gasteiger partial charge >= 0.3 is 0 Å². The van der Waals surface area contributed by atoms with Gasteiger partial charge < -0.3 is 9.80 Å². The molecular weight excluding hydrogens is 424 g/mol. The van der Waals surface area contributed by atoms with E-state index in [1.165, 1.54) is 174 Å². The van der Waals surface area contributed by atoms with Crippen molar-refractivity contribution in [1.82, 2.24) is 9.80 Å². The summed E-state index contributed by atoms with van der Waals surface area (Å²) >= 11 is 0. The van der Waals surface area contributed by atoms with Crippen LogP contribution in [0.1, 0.15) is 181 Å². The Labute approximate surface area is 222 Å². The van der Waals surface area contributed by atoms with Crippen LogP contribution in [-0.4, -0.2) is 29.1 Å². The van der Waals surface area contributed by atoms with Crippen molar-refractivity contribution >= 4 is 0 Å². The Morgan fingerprint density at radius 2 is 0.686 bits per heavy atom. The van der Waals surface area contributed by atoms with Crippen molar-refractivity contribution in [3.05, 3.63) is 12.4 Å². The van der Waals surface area contributed by atoms with Crippen LogP contribution >= 0.6 is 0 Å². The average molecular weight is 491 g/mol. The molecule has 0 fully saturated rings. The predicted molar refractivity (Wildman–Crippen MR) is 159 cm³/mol. The van der Waals surface area contributed by atoms with E-state index >= 15 is 0 Å². The maximum Gasteiger partial charge on any atom is 0.101 e. The van der Waals surface area contributed by atoms with Gasteiger partial charge in [0.1, 0.15) is 6.17 Å². The first kappa shape index (κ1) is 32.4. The van der Waals surface area contributed by atoms with Crippen LogP contribution in [0.15, 0.2) is 12.4 Å². The zero-order valence-corrected chi connectivity index (χ0v) is 24.7. The van der Waals surface area contributed by atoms with Gasteiger partial charge in [-0.1, -0.05) is 156 Å². The van der Waals surface area contributed by atoms with Gasteiger partial charge in [0.05, 0.1) is 0 Å². The number of nitrogens with zero attached hydrogens (tertiary/aromatic N) is 2. The van der Waals surface area contributed by atoms with Gasteiger partial charge in [0.2, 0.25) is 0 Å². The molecule has 0 aromatic rings. The van der Waals surface area contributed by atoms with Crippen LogP contribution in [0.3, 0.4) is 0 Å². The van der Waals surface area contributed by atoms with E-state index in [1.807, 2.05) is 0 Å². The lowest BCUT2D eigenvalue weighted by molar-refractivity contribution is 0.136. The minimum absolute atomic E-state index is 0.642. The average Bonchev–Trinajstić information content (AvgIpc) is 3.25. The molecule has 0 aromatic carbocycles. The number of rotatable bonds is 27. The molecule has 1 heterocycles. The lowest BCUT2D eigenvalue weighted by Crippen LogP contribution is -2.39. The predicted octanol–water partition coefficient (Wildman–Crippen LogP) is 11.2. The van der Waals surface area contributed by atoms with Crippen molar-refractivity contribution in [2.24, 2.45) is 0 Å². The van der Waals surface area contributed by atoms with Crippen LogP contribution in [0.25, 0.3) is 0 Å². The molecule has 1 unspecified atom stereocenters. The topological polar surface area (TPSA) is 6.48 Å². The Morgan fingerprint density at radius 3 is 1.09 bits per heavy atom. The molecular formula is C33H66N2. The lowest BCUT2D eigenvalue weighted by atomic mass is 10.0. The first-order valence-corrected chi connectivity index (χ1v) is 16.5. The minimum atomic E-state index is 0.642. The second kappa shape index (κ2) is 25.0. The third-order valence-electron chi connectivity index (χ3n) is 8.07. The molecule has 0 aromatic heterocycles. The van der Waals surface area contributed by atoms with Crippen molar-refractivity contribution in [2.75, 3.05) is 13.1 Å². The molecule has 208 valence electrons. The second-order valence-electron chi connectivity index (χ2n) is 11.5. The zero-order valence-electron chi connectivity index (χ0n) is 24.7. The molecule has 1 rings (SSSR count). The van der Waals surface area contributed by atoms with Crippen LogP contribution in [0.4, 0.5) is 0 Å². The van der Waals surface area contributed by atoms with Gasteiger partial charge in [-0.05, 0) is 25.7 Å². The molecule has 0 saturated carbocycles. The number of hydrogen-bond donors (Lipinski definition) is 0. The summed E-state index contributed by atoms with van der Waals surface area (Å²) in [6.45, 7) is 9.43.